The molecule has 0 bridgehead atoms. The summed E-state index contributed by atoms with van der Waals surface area (Å²) >= 11 is 1.76. The van der Waals surface area contributed by atoms with Gasteiger partial charge in [-0.2, -0.15) is 5.10 Å². The Kier molecular flexibility index (Phi) is 2.88. The first-order valence-electron chi connectivity index (χ1n) is 4.93. The average Bonchev–Trinajstić information content (AvgIpc) is 2.79. The Morgan fingerprint density at radius 3 is 2.80 bits per heavy atom. The normalized spacial score (nSPS) is 13.0. The Balaban J connectivity index is 2.39. The van der Waals surface area contributed by atoms with Gasteiger partial charge in [0.25, 0.3) is 0 Å². The first-order valence-corrected chi connectivity index (χ1v) is 5.81. The molecule has 0 spiro atoms. The molecule has 0 saturated carbocycles. The van der Waals surface area contributed by atoms with Crippen molar-refractivity contribution in [3.63, 3.8) is 0 Å². The minimum atomic E-state index is 0.246. The third-order valence-electron chi connectivity index (χ3n) is 2.45. The molecule has 0 radical (unpaired) electrons. The summed E-state index contributed by atoms with van der Waals surface area (Å²) in [5.41, 5.74) is 2.27. The highest BCUT2D eigenvalue weighted by molar-refractivity contribution is 7.10. The molecule has 0 fully saturated rings. The van der Waals surface area contributed by atoms with Crippen molar-refractivity contribution in [3.8, 4) is 0 Å². The van der Waals surface area contributed by atoms with Gasteiger partial charge in [-0.3, -0.25) is 4.68 Å². The molecule has 0 aromatic carbocycles. The lowest BCUT2D eigenvalue weighted by Gasteiger charge is -2.14. The molecule has 1 atom stereocenters. The summed E-state index contributed by atoms with van der Waals surface area (Å²) < 4.78 is 1.94. The van der Waals surface area contributed by atoms with Gasteiger partial charge in [0.2, 0.25) is 0 Å². The predicted molar refractivity (Wildman–Crippen MR) is 63.2 cm³/mol. The molecule has 3 nitrogen and oxygen atoms in total. The van der Waals surface area contributed by atoms with Crippen molar-refractivity contribution in [2.45, 2.75) is 13.0 Å². The van der Waals surface area contributed by atoms with Crippen LogP contribution in [0, 0.1) is 6.92 Å². The van der Waals surface area contributed by atoms with Gasteiger partial charge < -0.3 is 5.32 Å². The van der Waals surface area contributed by atoms with Crippen LogP contribution in [0.15, 0.2) is 23.6 Å². The molecule has 2 heterocycles. The molecule has 2 aromatic rings. The molecule has 0 amide bonds. The maximum Gasteiger partial charge on any atom is 0.0839 e. The van der Waals surface area contributed by atoms with E-state index >= 15 is 0 Å². The van der Waals surface area contributed by atoms with Crippen LogP contribution in [0.1, 0.15) is 22.3 Å². The van der Waals surface area contributed by atoms with E-state index < -0.39 is 0 Å². The lowest BCUT2D eigenvalue weighted by atomic mass is 10.1. The predicted octanol–water partition coefficient (Wildman–Crippen LogP) is 2.10. The number of aromatic nitrogens is 2. The van der Waals surface area contributed by atoms with Crippen LogP contribution in [0.3, 0.4) is 0 Å². The summed E-state index contributed by atoms with van der Waals surface area (Å²) in [5, 5.41) is 9.80. The number of rotatable bonds is 3. The number of nitrogens with zero attached hydrogens (tertiary/aromatic N) is 2. The van der Waals surface area contributed by atoms with E-state index in [1.807, 2.05) is 25.7 Å². The van der Waals surface area contributed by atoms with Crippen LogP contribution in [0.5, 0.6) is 0 Å². The molecular weight excluding hydrogens is 206 g/mol. The van der Waals surface area contributed by atoms with Gasteiger partial charge in [0.15, 0.2) is 0 Å². The molecule has 1 unspecified atom stereocenters. The van der Waals surface area contributed by atoms with E-state index in [-0.39, 0.29) is 6.04 Å². The molecule has 0 saturated heterocycles. The van der Waals surface area contributed by atoms with Crippen LogP contribution in [-0.4, -0.2) is 16.8 Å². The van der Waals surface area contributed by atoms with Crippen molar-refractivity contribution >= 4 is 11.3 Å². The Morgan fingerprint density at radius 1 is 1.53 bits per heavy atom. The molecule has 0 aliphatic carbocycles. The topological polar surface area (TPSA) is 29.9 Å². The number of aryl methyl sites for hydroxylation is 2. The average molecular weight is 221 g/mol. The van der Waals surface area contributed by atoms with Gasteiger partial charge in [0, 0.05) is 11.9 Å². The fraction of sp³-hybridized carbons (Fsp3) is 0.364. The van der Waals surface area contributed by atoms with E-state index in [1.54, 1.807) is 11.3 Å². The second-order valence-electron chi connectivity index (χ2n) is 3.57. The second-order valence-corrected chi connectivity index (χ2v) is 4.55. The SMILES string of the molecule is CNC(c1cccs1)c1cc(C)nn1C. The van der Waals surface area contributed by atoms with Crippen LogP contribution >= 0.6 is 11.3 Å². The zero-order chi connectivity index (χ0) is 10.8. The molecule has 0 aliphatic rings. The number of hydrogen-bond acceptors (Lipinski definition) is 3. The molecule has 4 heteroatoms. The zero-order valence-corrected chi connectivity index (χ0v) is 10.0. The maximum atomic E-state index is 4.37. The van der Waals surface area contributed by atoms with Crippen molar-refractivity contribution in [1.29, 1.82) is 0 Å². The summed E-state index contributed by atoms with van der Waals surface area (Å²) in [4.78, 5) is 1.32. The number of thiophene rings is 1. The van der Waals surface area contributed by atoms with Crippen molar-refractivity contribution in [3.05, 3.63) is 39.8 Å². The van der Waals surface area contributed by atoms with Gasteiger partial charge in [-0.05, 0) is 31.5 Å². The Labute approximate surface area is 93.7 Å². The molecule has 2 aromatic heterocycles. The van der Waals surface area contributed by atoms with Crippen molar-refractivity contribution in [2.75, 3.05) is 7.05 Å². The fourth-order valence-corrected chi connectivity index (χ4v) is 2.64. The molecule has 0 aliphatic heterocycles. The minimum Gasteiger partial charge on any atom is -0.307 e. The lowest BCUT2D eigenvalue weighted by molar-refractivity contribution is 0.611. The van der Waals surface area contributed by atoms with Gasteiger partial charge in [0.1, 0.15) is 0 Å². The number of hydrogen-bond donors (Lipinski definition) is 1. The van der Waals surface area contributed by atoms with Crippen molar-refractivity contribution in [2.24, 2.45) is 7.05 Å². The third kappa shape index (κ3) is 1.96. The standard InChI is InChI=1S/C11H15N3S/c1-8-7-9(14(3)13-8)11(12-2)10-5-4-6-15-10/h4-7,11-12H,1-3H3. The van der Waals surface area contributed by atoms with E-state index in [9.17, 15) is 0 Å². The summed E-state index contributed by atoms with van der Waals surface area (Å²) in [7, 11) is 3.97. The molecule has 15 heavy (non-hydrogen) atoms. The number of nitrogens with one attached hydrogen (secondary N) is 1. The molecular formula is C11H15N3S. The van der Waals surface area contributed by atoms with Crippen molar-refractivity contribution in [1.82, 2.24) is 15.1 Å². The van der Waals surface area contributed by atoms with Crippen molar-refractivity contribution < 1.29 is 0 Å². The van der Waals surface area contributed by atoms with Gasteiger partial charge in [-0.1, -0.05) is 6.07 Å². The van der Waals surface area contributed by atoms with E-state index in [1.165, 1.54) is 10.6 Å². The molecule has 80 valence electrons. The van der Waals surface area contributed by atoms with Crippen LogP contribution in [0.4, 0.5) is 0 Å². The van der Waals surface area contributed by atoms with Crippen LogP contribution in [0.25, 0.3) is 0 Å². The summed E-state index contributed by atoms with van der Waals surface area (Å²) in [6.07, 6.45) is 0. The Morgan fingerprint density at radius 2 is 2.33 bits per heavy atom. The fourth-order valence-electron chi connectivity index (χ4n) is 1.79. The first kappa shape index (κ1) is 10.4. The quantitative estimate of drug-likeness (QED) is 0.860. The Hall–Kier alpha value is -1.13. The van der Waals surface area contributed by atoms with Crippen LogP contribution in [-0.2, 0) is 7.05 Å². The van der Waals surface area contributed by atoms with E-state index in [2.05, 4.69) is 34.0 Å². The highest BCUT2D eigenvalue weighted by atomic mass is 32.1. The van der Waals surface area contributed by atoms with Gasteiger partial charge in [0.05, 0.1) is 17.4 Å². The minimum absolute atomic E-state index is 0.246. The van der Waals surface area contributed by atoms with Gasteiger partial charge >= 0.3 is 0 Å². The maximum absolute atomic E-state index is 4.37. The lowest BCUT2D eigenvalue weighted by Crippen LogP contribution is -2.19. The van der Waals surface area contributed by atoms with Gasteiger partial charge in [-0.15, -0.1) is 11.3 Å². The summed E-state index contributed by atoms with van der Waals surface area (Å²) in [6, 6.07) is 6.60. The van der Waals surface area contributed by atoms with Crippen LogP contribution < -0.4 is 5.32 Å². The Bertz CT molecular complexity index is 431. The van der Waals surface area contributed by atoms with Crippen LogP contribution in [0.2, 0.25) is 0 Å². The van der Waals surface area contributed by atoms with E-state index in [0.29, 0.717) is 0 Å². The zero-order valence-electron chi connectivity index (χ0n) is 9.19. The monoisotopic (exact) mass is 221 g/mol. The highest BCUT2D eigenvalue weighted by Crippen LogP contribution is 2.25. The van der Waals surface area contributed by atoms with E-state index in [4.69, 9.17) is 0 Å². The molecule has 2 rings (SSSR count). The largest absolute Gasteiger partial charge is 0.307 e. The third-order valence-corrected chi connectivity index (χ3v) is 3.39. The second kappa shape index (κ2) is 4.16. The summed E-state index contributed by atoms with van der Waals surface area (Å²) in [6.45, 7) is 2.02. The van der Waals surface area contributed by atoms with Gasteiger partial charge in [-0.25, -0.2) is 0 Å². The molecule has 1 N–H and O–H groups in total. The van der Waals surface area contributed by atoms with E-state index in [0.717, 1.165) is 5.69 Å². The smallest absolute Gasteiger partial charge is 0.0839 e. The summed E-state index contributed by atoms with van der Waals surface area (Å²) in [5.74, 6) is 0. The highest BCUT2D eigenvalue weighted by Gasteiger charge is 2.16. The first-order chi connectivity index (χ1) is 7.22.